The van der Waals surface area contributed by atoms with Crippen molar-refractivity contribution in [2.45, 2.75) is 39.3 Å². The van der Waals surface area contributed by atoms with Crippen molar-refractivity contribution >= 4 is 15.9 Å². The average molecular weight is 343 g/mol. The number of nitrogens with zero attached hydrogens (tertiary/aromatic N) is 1. The molecule has 1 saturated heterocycles. The largest absolute Gasteiger partial charge is 0.329 e. The van der Waals surface area contributed by atoms with Crippen LogP contribution in [0, 0.1) is 17.7 Å². The molecule has 4 unspecified atom stereocenters. The summed E-state index contributed by atoms with van der Waals surface area (Å²) in [5.74, 6) is 1.09. The molecule has 0 bridgehead atoms. The molecule has 0 saturated carbocycles. The Morgan fingerprint density at radius 3 is 2.70 bits per heavy atom. The highest BCUT2D eigenvalue weighted by atomic mass is 79.9. The molecule has 112 valence electrons. The second kappa shape index (κ2) is 6.54. The molecule has 2 N–H and O–H groups in total. The minimum atomic E-state index is -0.216. The molecule has 1 aromatic carbocycles. The molecule has 1 aliphatic heterocycles. The summed E-state index contributed by atoms with van der Waals surface area (Å²) in [7, 11) is 0. The van der Waals surface area contributed by atoms with E-state index in [1.54, 1.807) is 12.1 Å². The topological polar surface area (TPSA) is 29.3 Å². The molecular weight excluding hydrogens is 319 g/mol. The molecule has 4 heteroatoms. The fraction of sp³-hybridized carbons (Fsp3) is 0.625. The first-order chi connectivity index (χ1) is 9.43. The van der Waals surface area contributed by atoms with Gasteiger partial charge in [-0.3, -0.25) is 4.90 Å². The van der Waals surface area contributed by atoms with Gasteiger partial charge in [-0.15, -0.1) is 0 Å². The molecular formula is C16H24BrFN2. The fourth-order valence-corrected chi connectivity index (χ4v) is 3.60. The SMILES string of the molecule is CC1CC(C)C(C)N(C(CN)c2ccc(Br)c(F)c2)C1. The van der Waals surface area contributed by atoms with Crippen molar-refractivity contribution < 1.29 is 4.39 Å². The maximum Gasteiger partial charge on any atom is 0.137 e. The van der Waals surface area contributed by atoms with Gasteiger partial charge in [0.15, 0.2) is 0 Å². The fourth-order valence-electron chi connectivity index (χ4n) is 3.35. The quantitative estimate of drug-likeness (QED) is 0.900. The molecule has 0 spiro atoms. The van der Waals surface area contributed by atoms with E-state index in [1.807, 2.05) is 6.07 Å². The van der Waals surface area contributed by atoms with Gasteiger partial charge in [-0.2, -0.15) is 0 Å². The van der Waals surface area contributed by atoms with E-state index in [1.165, 1.54) is 6.42 Å². The van der Waals surface area contributed by atoms with Gasteiger partial charge in [0.25, 0.3) is 0 Å². The van der Waals surface area contributed by atoms with E-state index in [9.17, 15) is 4.39 Å². The summed E-state index contributed by atoms with van der Waals surface area (Å²) in [4.78, 5) is 2.45. The van der Waals surface area contributed by atoms with E-state index in [0.29, 0.717) is 28.9 Å². The zero-order valence-corrected chi connectivity index (χ0v) is 14.0. The monoisotopic (exact) mass is 342 g/mol. The number of hydrogen-bond donors (Lipinski definition) is 1. The maximum atomic E-state index is 13.8. The van der Waals surface area contributed by atoms with Gasteiger partial charge < -0.3 is 5.73 Å². The van der Waals surface area contributed by atoms with Gasteiger partial charge in [-0.1, -0.05) is 19.9 Å². The van der Waals surface area contributed by atoms with E-state index in [2.05, 4.69) is 41.6 Å². The van der Waals surface area contributed by atoms with Gasteiger partial charge in [0.1, 0.15) is 5.82 Å². The molecule has 0 aromatic heterocycles. The van der Waals surface area contributed by atoms with Gasteiger partial charge in [0.05, 0.1) is 4.47 Å². The third-order valence-electron chi connectivity index (χ3n) is 4.60. The highest BCUT2D eigenvalue weighted by Crippen LogP contribution is 2.34. The molecule has 20 heavy (non-hydrogen) atoms. The van der Waals surface area contributed by atoms with Crippen LogP contribution in [0.1, 0.15) is 38.8 Å². The second-order valence-corrected chi connectivity index (χ2v) is 7.03. The van der Waals surface area contributed by atoms with Crippen molar-refractivity contribution in [1.82, 2.24) is 4.90 Å². The van der Waals surface area contributed by atoms with Crippen LogP contribution in [0.5, 0.6) is 0 Å². The number of hydrogen-bond acceptors (Lipinski definition) is 2. The third-order valence-corrected chi connectivity index (χ3v) is 5.24. The van der Waals surface area contributed by atoms with E-state index in [-0.39, 0.29) is 11.9 Å². The van der Waals surface area contributed by atoms with E-state index in [4.69, 9.17) is 5.73 Å². The zero-order chi connectivity index (χ0) is 14.9. The minimum absolute atomic E-state index is 0.0952. The van der Waals surface area contributed by atoms with Crippen LogP contribution in [0.4, 0.5) is 4.39 Å². The lowest BCUT2D eigenvalue weighted by molar-refractivity contribution is 0.0423. The number of likely N-dealkylation sites (tertiary alicyclic amines) is 1. The highest BCUT2D eigenvalue weighted by Gasteiger charge is 2.33. The van der Waals surface area contributed by atoms with Crippen LogP contribution in [0.15, 0.2) is 22.7 Å². The van der Waals surface area contributed by atoms with Crippen molar-refractivity contribution in [2.24, 2.45) is 17.6 Å². The number of halogens is 2. The average Bonchev–Trinajstić information content (AvgIpc) is 2.40. The van der Waals surface area contributed by atoms with Crippen molar-refractivity contribution in [3.05, 3.63) is 34.1 Å². The molecule has 1 aromatic rings. The highest BCUT2D eigenvalue weighted by molar-refractivity contribution is 9.10. The Balaban J connectivity index is 2.28. The summed E-state index contributed by atoms with van der Waals surface area (Å²) in [6, 6.07) is 5.93. The predicted molar refractivity (Wildman–Crippen MR) is 85.0 cm³/mol. The molecule has 1 aliphatic rings. The number of piperidine rings is 1. The molecule has 0 aliphatic carbocycles. The lowest BCUT2D eigenvalue weighted by Crippen LogP contribution is -2.49. The first-order valence-corrected chi connectivity index (χ1v) is 8.14. The van der Waals surface area contributed by atoms with Crippen LogP contribution in [-0.4, -0.2) is 24.0 Å². The van der Waals surface area contributed by atoms with Crippen molar-refractivity contribution in [3.8, 4) is 0 Å². The van der Waals surface area contributed by atoms with Gasteiger partial charge in [0.2, 0.25) is 0 Å². The number of nitrogens with two attached hydrogens (primary N) is 1. The predicted octanol–water partition coefficient (Wildman–Crippen LogP) is 3.95. The molecule has 1 fully saturated rings. The zero-order valence-electron chi connectivity index (χ0n) is 12.4. The summed E-state index contributed by atoms with van der Waals surface area (Å²) < 4.78 is 14.3. The summed E-state index contributed by atoms with van der Waals surface area (Å²) in [5, 5.41) is 0. The Labute approximate surface area is 129 Å². The Bertz CT molecular complexity index is 466. The molecule has 2 nitrogen and oxygen atoms in total. The smallest absolute Gasteiger partial charge is 0.137 e. The van der Waals surface area contributed by atoms with Gasteiger partial charge in [0, 0.05) is 25.2 Å². The summed E-state index contributed by atoms with van der Waals surface area (Å²) in [6.07, 6.45) is 1.25. The Kier molecular flexibility index (Phi) is 5.21. The molecule has 2 rings (SSSR count). The van der Waals surface area contributed by atoms with E-state index < -0.39 is 0 Å². The second-order valence-electron chi connectivity index (χ2n) is 6.18. The van der Waals surface area contributed by atoms with Crippen molar-refractivity contribution in [1.29, 1.82) is 0 Å². The van der Waals surface area contributed by atoms with Crippen LogP contribution < -0.4 is 5.73 Å². The van der Waals surface area contributed by atoms with Crippen LogP contribution in [0.25, 0.3) is 0 Å². The standard InChI is InChI=1S/C16H24BrFN2/c1-10-6-11(2)12(3)20(9-10)16(8-19)13-4-5-14(17)15(18)7-13/h4-5,7,10-12,16H,6,8-9,19H2,1-3H3. The van der Waals surface area contributed by atoms with E-state index >= 15 is 0 Å². The Morgan fingerprint density at radius 1 is 1.40 bits per heavy atom. The van der Waals surface area contributed by atoms with E-state index in [0.717, 1.165) is 12.1 Å². The van der Waals surface area contributed by atoms with Gasteiger partial charge in [-0.05, 0) is 58.8 Å². The Morgan fingerprint density at radius 2 is 2.10 bits per heavy atom. The van der Waals surface area contributed by atoms with Gasteiger partial charge >= 0.3 is 0 Å². The summed E-state index contributed by atoms with van der Waals surface area (Å²) in [6.45, 7) is 8.39. The first-order valence-electron chi connectivity index (χ1n) is 7.34. The lowest BCUT2D eigenvalue weighted by Gasteiger charge is -2.45. The first kappa shape index (κ1) is 15.9. The molecule has 1 heterocycles. The van der Waals surface area contributed by atoms with Crippen molar-refractivity contribution in [2.75, 3.05) is 13.1 Å². The number of rotatable bonds is 3. The molecule has 0 radical (unpaired) electrons. The summed E-state index contributed by atoms with van der Waals surface area (Å²) in [5.41, 5.74) is 6.97. The molecule has 4 atom stereocenters. The normalized spacial score (nSPS) is 29.4. The van der Waals surface area contributed by atoms with Crippen molar-refractivity contribution in [3.63, 3.8) is 0 Å². The summed E-state index contributed by atoms with van der Waals surface area (Å²) >= 11 is 3.21. The maximum absolute atomic E-state index is 13.8. The van der Waals surface area contributed by atoms with Crippen LogP contribution in [0.3, 0.4) is 0 Å². The lowest BCUT2D eigenvalue weighted by atomic mass is 9.84. The third kappa shape index (κ3) is 3.23. The number of benzene rings is 1. The minimum Gasteiger partial charge on any atom is -0.329 e. The molecule has 0 amide bonds. The van der Waals surface area contributed by atoms with Crippen LogP contribution in [0.2, 0.25) is 0 Å². The van der Waals surface area contributed by atoms with Crippen LogP contribution >= 0.6 is 15.9 Å². The van der Waals surface area contributed by atoms with Gasteiger partial charge in [-0.25, -0.2) is 4.39 Å². The Hall–Kier alpha value is -0.450. The van der Waals surface area contributed by atoms with Crippen LogP contribution in [-0.2, 0) is 0 Å².